The Morgan fingerprint density at radius 3 is 2.31 bits per heavy atom. The summed E-state index contributed by atoms with van der Waals surface area (Å²) in [6.07, 6.45) is 1.70. The third-order valence-electron chi connectivity index (χ3n) is 5.76. The van der Waals surface area contributed by atoms with Crippen molar-refractivity contribution in [2.24, 2.45) is 0 Å². The van der Waals surface area contributed by atoms with Gasteiger partial charge >= 0.3 is 5.97 Å². The summed E-state index contributed by atoms with van der Waals surface area (Å²) in [5.74, 6) is -1.61. The highest BCUT2D eigenvalue weighted by atomic mass is 19.1. The van der Waals surface area contributed by atoms with E-state index < -0.39 is 11.5 Å². The van der Waals surface area contributed by atoms with Crippen LogP contribution in [-0.2, 0) is 4.79 Å². The van der Waals surface area contributed by atoms with Gasteiger partial charge in [-0.15, -0.1) is 0 Å². The molecule has 1 aliphatic heterocycles. The van der Waals surface area contributed by atoms with Crippen LogP contribution in [0.15, 0.2) is 66.9 Å². The summed E-state index contributed by atoms with van der Waals surface area (Å²) in [5.41, 5.74) is 2.45. The number of carbonyl (C=O) groups excluding carboxylic acids is 1. The molecule has 0 saturated carbocycles. The maximum absolute atomic E-state index is 13.8. The number of aromatic carboxylic acids is 1. The maximum Gasteiger partial charge on any atom is 0.335 e. The second-order valence-corrected chi connectivity index (χ2v) is 8.16. The van der Waals surface area contributed by atoms with E-state index in [-0.39, 0.29) is 17.3 Å². The molecule has 0 saturated heterocycles. The summed E-state index contributed by atoms with van der Waals surface area (Å²) in [6.45, 7) is 3.61. The van der Waals surface area contributed by atoms with Crippen molar-refractivity contribution >= 4 is 45.5 Å². The summed E-state index contributed by atoms with van der Waals surface area (Å²) in [7, 11) is 0. The molecular formula is C24H19FN4O3. The second-order valence-electron chi connectivity index (χ2n) is 8.16. The van der Waals surface area contributed by atoms with Gasteiger partial charge in [0.25, 0.3) is 5.91 Å². The fourth-order valence-electron chi connectivity index (χ4n) is 4.17. The number of aromatic nitrogens is 2. The van der Waals surface area contributed by atoms with Crippen molar-refractivity contribution in [2.45, 2.75) is 19.4 Å². The van der Waals surface area contributed by atoms with Gasteiger partial charge in [0.15, 0.2) is 0 Å². The Labute approximate surface area is 182 Å². The van der Waals surface area contributed by atoms with Gasteiger partial charge in [0.05, 0.1) is 28.7 Å². The molecule has 1 amide bonds. The van der Waals surface area contributed by atoms with Crippen LogP contribution in [0.2, 0.25) is 0 Å². The highest BCUT2D eigenvalue weighted by molar-refractivity contribution is 6.15. The summed E-state index contributed by atoms with van der Waals surface area (Å²) in [4.78, 5) is 28.6. The lowest BCUT2D eigenvalue weighted by Crippen LogP contribution is -2.57. The quantitative estimate of drug-likeness (QED) is 0.478. The number of H-pyrrole nitrogens is 1. The first-order valence-corrected chi connectivity index (χ1v) is 9.98. The third-order valence-corrected chi connectivity index (χ3v) is 5.76. The summed E-state index contributed by atoms with van der Waals surface area (Å²) in [6, 6.07) is 16.0. The fourth-order valence-corrected chi connectivity index (χ4v) is 4.17. The van der Waals surface area contributed by atoms with Gasteiger partial charge in [-0.25, -0.2) is 9.18 Å². The van der Waals surface area contributed by atoms with E-state index in [1.807, 2.05) is 17.0 Å². The Kier molecular flexibility index (Phi) is 4.27. The van der Waals surface area contributed by atoms with E-state index in [1.54, 1.807) is 49.2 Å². The lowest BCUT2D eigenvalue weighted by atomic mass is 9.92. The molecule has 5 rings (SSSR count). The van der Waals surface area contributed by atoms with E-state index in [4.69, 9.17) is 0 Å². The highest BCUT2D eigenvalue weighted by Crippen LogP contribution is 2.48. The molecule has 2 N–H and O–H groups in total. The topological polar surface area (TPSA) is 89.5 Å². The zero-order valence-corrected chi connectivity index (χ0v) is 17.3. The Morgan fingerprint density at radius 1 is 1.00 bits per heavy atom. The number of aromatic amines is 1. The van der Waals surface area contributed by atoms with Crippen LogP contribution in [0, 0.1) is 5.82 Å². The van der Waals surface area contributed by atoms with Crippen LogP contribution in [0.4, 0.5) is 27.1 Å². The number of nitrogens with zero attached hydrogens (tertiary/aromatic N) is 3. The molecule has 1 aliphatic rings. The number of halogens is 1. The average molecular weight is 430 g/mol. The fraction of sp³-hybridized carbons (Fsp3) is 0.125. The number of fused-ring (bicyclic) bond motifs is 2. The Bertz CT molecular complexity index is 1360. The number of carboxylic acids is 1. The molecule has 160 valence electrons. The van der Waals surface area contributed by atoms with Crippen molar-refractivity contribution in [3.05, 3.63) is 78.2 Å². The van der Waals surface area contributed by atoms with E-state index in [0.717, 1.165) is 16.6 Å². The van der Waals surface area contributed by atoms with Gasteiger partial charge in [-0.1, -0.05) is 0 Å². The first-order valence-electron chi connectivity index (χ1n) is 9.98. The standard InChI is InChI=1S/C24H19FN4O3/c1-24(2)23(32)28(17-7-3-14(4-8-17)22(30)31)20-12-19-15(13-26-27-19)11-21(20)29(24)18-9-5-16(25)6-10-18/h3-13H,1-2H3,(H,26,27)(H,30,31). The largest absolute Gasteiger partial charge is 0.478 e. The third kappa shape index (κ3) is 2.91. The van der Waals surface area contributed by atoms with E-state index in [1.165, 1.54) is 24.3 Å². The number of hydrogen-bond acceptors (Lipinski definition) is 4. The minimum absolute atomic E-state index is 0.134. The average Bonchev–Trinajstić information content (AvgIpc) is 3.22. The Balaban J connectivity index is 1.76. The van der Waals surface area contributed by atoms with Crippen molar-refractivity contribution in [2.75, 3.05) is 9.80 Å². The summed E-state index contributed by atoms with van der Waals surface area (Å²) >= 11 is 0. The molecule has 1 aromatic heterocycles. The van der Waals surface area contributed by atoms with Gasteiger partial charge in [0.1, 0.15) is 11.4 Å². The van der Waals surface area contributed by atoms with Crippen LogP contribution in [0.25, 0.3) is 10.9 Å². The van der Waals surface area contributed by atoms with Gasteiger partial charge in [-0.2, -0.15) is 5.10 Å². The number of amides is 1. The molecule has 0 bridgehead atoms. The van der Waals surface area contributed by atoms with Gasteiger partial charge < -0.3 is 10.0 Å². The predicted octanol–water partition coefficient (Wildman–Crippen LogP) is 5.00. The normalized spacial score (nSPS) is 15.2. The van der Waals surface area contributed by atoms with E-state index >= 15 is 0 Å². The second kappa shape index (κ2) is 6.91. The molecule has 32 heavy (non-hydrogen) atoms. The van der Waals surface area contributed by atoms with Crippen molar-refractivity contribution in [1.29, 1.82) is 0 Å². The first kappa shape index (κ1) is 19.7. The number of hydrogen-bond donors (Lipinski definition) is 2. The van der Waals surface area contributed by atoms with Crippen molar-refractivity contribution in [3.8, 4) is 0 Å². The van der Waals surface area contributed by atoms with Crippen LogP contribution in [-0.4, -0.2) is 32.7 Å². The van der Waals surface area contributed by atoms with Crippen LogP contribution in [0.3, 0.4) is 0 Å². The molecule has 0 aliphatic carbocycles. The van der Waals surface area contributed by atoms with E-state index in [2.05, 4.69) is 10.2 Å². The van der Waals surface area contributed by atoms with Crippen molar-refractivity contribution in [3.63, 3.8) is 0 Å². The summed E-state index contributed by atoms with van der Waals surface area (Å²) < 4.78 is 13.6. The first-order chi connectivity index (χ1) is 15.3. The molecular weight excluding hydrogens is 411 g/mol. The number of anilines is 4. The van der Waals surface area contributed by atoms with Gasteiger partial charge in [0.2, 0.25) is 0 Å². The monoisotopic (exact) mass is 430 g/mol. The minimum Gasteiger partial charge on any atom is -0.478 e. The number of carbonyl (C=O) groups is 2. The van der Waals surface area contributed by atoms with Gasteiger partial charge in [-0.3, -0.25) is 14.8 Å². The van der Waals surface area contributed by atoms with Crippen LogP contribution in [0.1, 0.15) is 24.2 Å². The van der Waals surface area contributed by atoms with E-state index in [0.29, 0.717) is 17.1 Å². The number of benzene rings is 3. The van der Waals surface area contributed by atoms with Crippen molar-refractivity contribution in [1.82, 2.24) is 10.2 Å². The van der Waals surface area contributed by atoms with Gasteiger partial charge in [0, 0.05) is 16.8 Å². The van der Waals surface area contributed by atoms with Gasteiger partial charge in [-0.05, 0) is 74.5 Å². The van der Waals surface area contributed by atoms with Crippen LogP contribution < -0.4 is 9.80 Å². The van der Waals surface area contributed by atoms with Crippen LogP contribution in [0.5, 0.6) is 0 Å². The predicted molar refractivity (Wildman–Crippen MR) is 119 cm³/mol. The lowest BCUT2D eigenvalue weighted by Gasteiger charge is -2.47. The highest BCUT2D eigenvalue weighted by Gasteiger charge is 2.46. The Hall–Kier alpha value is -4.20. The van der Waals surface area contributed by atoms with Crippen LogP contribution >= 0.6 is 0 Å². The molecule has 0 atom stereocenters. The van der Waals surface area contributed by atoms with E-state index in [9.17, 15) is 19.1 Å². The summed E-state index contributed by atoms with van der Waals surface area (Å²) in [5, 5.41) is 17.1. The molecule has 0 radical (unpaired) electrons. The number of carboxylic acid groups (broad SMARTS) is 1. The molecule has 0 fully saturated rings. The minimum atomic E-state index is -1.04. The SMILES string of the molecule is CC1(C)C(=O)N(c2ccc(C(=O)O)cc2)c2cc3[nH]ncc3cc2N1c1ccc(F)cc1. The molecule has 0 unspecified atom stereocenters. The smallest absolute Gasteiger partial charge is 0.335 e. The zero-order chi connectivity index (χ0) is 22.6. The zero-order valence-electron chi connectivity index (χ0n) is 17.3. The number of rotatable bonds is 3. The molecule has 8 heteroatoms. The van der Waals surface area contributed by atoms with Crippen molar-refractivity contribution < 1.29 is 19.1 Å². The Morgan fingerprint density at radius 2 is 1.66 bits per heavy atom. The maximum atomic E-state index is 13.8. The number of nitrogens with one attached hydrogen (secondary N) is 1. The molecule has 4 aromatic rings. The molecule has 0 spiro atoms. The molecule has 2 heterocycles. The molecule has 3 aromatic carbocycles. The molecule has 7 nitrogen and oxygen atoms in total. The lowest BCUT2D eigenvalue weighted by molar-refractivity contribution is -0.122.